The number of aromatic nitrogens is 1. The molecule has 0 saturated heterocycles. The zero-order valence-electron chi connectivity index (χ0n) is 8.93. The molecule has 1 rings (SSSR count). The Bertz CT molecular complexity index is 404. The molecule has 0 aliphatic carbocycles. The molecule has 1 aromatic heterocycles. The molecule has 0 aromatic carbocycles. The highest BCUT2D eigenvalue weighted by Gasteiger charge is 1.97. The molecule has 0 fully saturated rings. The molecular weight excluding hydrogens is 202 g/mol. The quantitative estimate of drug-likeness (QED) is 0.540. The number of pyridine rings is 1. The van der Waals surface area contributed by atoms with Crippen LogP contribution in [0.5, 0.6) is 5.88 Å². The number of carbonyl (C=O) groups is 1. The zero-order chi connectivity index (χ0) is 11.8. The minimum atomic E-state index is 0.378. The van der Waals surface area contributed by atoms with Crippen molar-refractivity contribution in [1.82, 2.24) is 4.98 Å². The summed E-state index contributed by atoms with van der Waals surface area (Å²) in [4.78, 5) is 14.4. The van der Waals surface area contributed by atoms with E-state index < -0.39 is 0 Å². The van der Waals surface area contributed by atoms with Crippen LogP contribution in [0.3, 0.4) is 0 Å². The minimum Gasteiger partial charge on any atom is -0.473 e. The number of aldehydes is 1. The van der Waals surface area contributed by atoms with Crippen molar-refractivity contribution in [3.05, 3.63) is 60.9 Å². The van der Waals surface area contributed by atoms with E-state index in [1.54, 1.807) is 24.3 Å². The van der Waals surface area contributed by atoms with Crippen LogP contribution < -0.4 is 4.74 Å². The normalized spacial score (nSPS) is 10.6. The molecule has 0 amide bonds. The molecule has 3 nitrogen and oxygen atoms in total. The molecule has 0 spiro atoms. The smallest absolute Gasteiger partial charge is 0.213 e. The average Bonchev–Trinajstić information content (AvgIpc) is 2.35. The van der Waals surface area contributed by atoms with Crippen molar-refractivity contribution in [2.75, 3.05) is 6.61 Å². The molecule has 0 aliphatic rings. The van der Waals surface area contributed by atoms with Gasteiger partial charge >= 0.3 is 0 Å². The summed E-state index contributed by atoms with van der Waals surface area (Å²) in [6.45, 7) is 7.63. The minimum absolute atomic E-state index is 0.378. The first kappa shape index (κ1) is 11.9. The van der Waals surface area contributed by atoms with Gasteiger partial charge in [-0.05, 0) is 11.6 Å². The highest BCUT2D eigenvalue weighted by Crippen LogP contribution is 2.08. The fourth-order valence-electron chi connectivity index (χ4n) is 1.03. The second-order valence-electron chi connectivity index (χ2n) is 3.02. The van der Waals surface area contributed by atoms with Crippen LogP contribution in [0.25, 0.3) is 0 Å². The maximum Gasteiger partial charge on any atom is 0.213 e. The lowest BCUT2D eigenvalue weighted by Gasteiger charge is -2.05. The molecule has 16 heavy (non-hydrogen) atoms. The van der Waals surface area contributed by atoms with E-state index in [1.807, 2.05) is 6.08 Å². The Hall–Kier alpha value is -2.16. The molecule has 3 heteroatoms. The number of hydrogen-bond donors (Lipinski definition) is 0. The standard InChI is InChI=1S/C13H13NO2/c1-3-5-11(4-2)10-16-13-7-6-12(9-15)8-14-13/h3-9H,1-2,10H2/b11-5+. The van der Waals surface area contributed by atoms with Crippen molar-refractivity contribution in [2.24, 2.45) is 0 Å². The van der Waals surface area contributed by atoms with E-state index in [0.29, 0.717) is 18.1 Å². The largest absolute Gasteiger partial charge is 0.473 e. The van der Waals surface area contributed by atoms with Gasteiger partial charge in [0.2, 0.25) is 5.88 Å². The van der Waals surface area contributed by atoms with Crippen molar-refractivity contribution < 1.29 is 9.53 Å². The van der Waals surface area contributed by atoms with Crippen molar-refractivity contribution in [3.8, 4) is 5.88 Å². The van der Waals surface area contributed by atoms with Gasteiger partial charge in [-0.25, -0.2) is 4.98 Å². The number of ether oxygens (including phenoxy) is 1. The lowest BCUT2D eigenvalue weighted by Crippen LogP contribution is -2.00. The summed E-state index contributed by atoms with van der Waals surface area (Å²) in [5, 5.41) is 0. The molecule has 0 N–H and O–H groups in total. The lowest BCUT2D eigenvalue weighted by atomic mass is 10.2. The monoisotopic (exact) mass is 215 g/mol. The van der Waals surface area contributed by atoms with Gasteiger partial charge in [0, 0.05) is 17.8 Å². The first-order valence-corrected chi connectivity index (χ1v) is 4.78. The highest BCUT2D eigenvalue weighted by atomic mass is 16.5. The molecule has 1 heterocycles. The van der Waals surface area contributed by atoms with Crippen LogP contribution in [-0.4, -0.2) is 17.9 Å². The number of nitrogens with zero attached hydrogens (tertiary/aromatic N) is 1. The Kier molecular flexibility index (Phi) is 4.73. The van der Waals surface area contributed by atoms with Crippen molar-refractivity contribution in [2.45, 2.75) is 0 Å². The predicted octanol–water partition coefficient (Wildman–Crippen LogP) is 2.57. The predicted molar refractivity (Wildman–Crippen MR) is 63.6 cm³/mol. The first-order valence-electron chi connectivity index (χ1n) is 4.78. The third-order valence-electron chi connectivity index (χ3n) is 1.88. The van der Waals surface area contributed by atoms with Gasteiger partial charge in [0.1, 0.15) is 6.61 Å². The van der Waals surface area contributed by atoms with Gasteiger partial charge < -0.3 is 4.74 Å². The maximum atomic E-state index is 10.4. The van der Waals surface area contributed by atoms with E-state index in [2.05, 4.69) is 18.1 Å². The molecule has 0 unspecified atom stereocenters. The van der Waals surface area contributed by atoms with Crippen LogP contribution in [-0.2, 0) is 0 Å². The number of rotatable bonds is 6. The zero-order valence-corrected chi connectivity index (χ0v) is 8.93. The van der Waals surface area contributed by atoms with Crippen LogP contribution in [0, 0.1) is 0 Å². The summed E-state index contributed by atoms with van der Waals surface area (Å²) < 4.78 is 5.40. The van der Waals surface area contributed by atoms with Gasteiger partial charge in [-0.15, -0.1) is 0 Å². The maximum absolute atomic E-state index is 10.4. The van der Waals surface area contributed by atoms with Gasteiger partial charge in [0.25, 0.3) is 0 Å². The molecule has 0 bridgehead atoms. The van der Waals surface area contributed by atoms with Crippen molar-refractivity contribution >= 4 is 6.29 Å². The van der Waals surface area contributed by atoms with Gasteiger partial charge in [-0.3, -0.25) is 4.79 Å². The first-order chi connectivity index (χ1) is 7.80. The van der Waals surface area contributed by atoms with E-state index in [4.69, 9.17) is 4.74 Å². The molecule has 82 valence electrons. The van der Waals surface area contributed by atoms with Gasteiger partial charge in [-0.2, -0.15) is 0 Å². The van der Waals surface area contributed by atoms with Crippen LogP contribution in [0.4, 0.5) is 0 Å². The number of allylic oxidation sites excluding steroid dienone is 2. The van der Waals surface area contributed by atoms with Crippen LogP contribution in [0.1, 0.15) is 10.4 Å². The molecule has 0 aliphatic heterocycles. The SMILES string of the molecule is C=C/C=C(\C=C)COc1ccc(C=O)cn1. The fourth-order valence-corrected chi connectivity index (χ4v) is 1.03. The third-order valence-corrected chi connectivity index (χ3v) is 1.88. The van der Waals surface area contributed by atoms with Gasteiger partial charge in [0.05, 0.1) is 0 Å². The van der Waals surface area contributed by atoms with E-state index in [9.17, 15) is 4.79 Å². The van der Waals surface area contributed by atoms with E-state index >= 15 is 0 Å². The van der Waals surface area contributed by atoms with Crippen molar-refractivity contribution in [1.29, 1.82) is 0 Å². The summed E-state index contributed by atoms with van der Waals surface area (Å²) in [6, 6.07) is 3.30. The number of carbonyl (C=O) groups excluding carboxylic acids is 1. The Morgan fingerprint density at radius 2 is 2.25 bits per heavy atom. The van der Waals surface area contributed by atoms with Gasteiger partial charge in [0.15, 0.2) is 6.29 Å². The Morgan fingerprint density at radius 3 is 2.75 bits per heavy atom. The van der Waals surface area contributed by atoms with Crippen LogP contribution >= 0.6 is 0 Å². The summed E-state index contributed by atoms with van der Waals surface area (Å²) in [6.07, 6.45) is 7.38. The molecule has 1 aromatic rings. The summed E-state index contributed by atoms with van der Waals surface area (Å²) in [5.41, 5.74) is 1.44. The summed E-state index contributed by atoms with van der Waals surface area (Å²) in [5.74, 6) is 0.474. The summed E-state index contributed by atoms with van der Waals surface area (Å²) >= 11 is 0. The number of hydrogen-bond acceptors (Lipinski definition) is 3. The van der Waals surface area contributed by atoms with E-state index in [1.165, 1.54) is 6.20 Å². The molecular formula is C13H13NO2. The third kappa shape index (κ3) is 3.53. The second kappa shape index (κ2) is 6.35. The second-order valence-corrected chi connectivity index (χ2v) is 3.02. The Morgan fingerprint density at radius 1 is 1.44 bits per heavy atom. The summed E-state index contributed by atoms with van der Waals surface area (Å²) in [7, 11) is 0. The lowest BCUT2D eigenvalue weighted by molar-refractivity contribution is 0.112. The van der Waals surface area contributed by atoms with Crippen LogP contribution in [0.15, 0.2) is 55.3 Å². The highest BCUT2D eigenvalue weighted by molar-refractivity contribution is 5.73. The van der Waals surface area contributed by atoms with Crippen LogP contribution in [0.2, 0.25) is 0 Å². The average molecular weight is 215 g/mol. The Balaban J connectivity index is 2.60. The van der Waals surface area contributed by atoms with E-state index in [-0.39, 0.29) is 0 Å². The van der Waals surface area contributed by atoms with Gasteiger partial charge in [-0.1, -0.05) is 31.4 Å². The topological polar surface area (TPSA) is 39.2 Å². The molecule has 0 saturated carbocycles. The molecule has 0 atom stereocenters. The van der Waals surface area contributed by atoms with Crippen molar-refractivity contribution in [3.63, 3.8) is 0 Å². The van der Waals surface area contributed by atoms with E-state index in [0.717, 1.165) is 11.9 Å². The Labute approximate surface area is 94.8 Å². The molecule has 0 radical (unpaired) electrons. The fraction of sp³-hybridized carbons (Fsp3) is 0.0769.